The lowest BCUT2D eigenvalue weighted by atomic mass is 9.89. The molecular formula is C30H30O12. The number of cyclic esters (lactones) is 1. The van der Waals surface area contributed by atoms with Crippen LogP contribution in [-0.2, 0) is 25.6 Å². The summed E-state index contributed by atoms with van der Waals surface area (Å²) in [6, 6.07) is 8.92. The average Bonchev–Trinajstić information content (AvgIpc) is 3.70. The van der Waals surface area contributed by atoms with E-state index in [1.165, 1.54) is 14.2 Å². The standard InChI is InChI=1S/C30H30O12/c1-30(2)41-26-21(10-31)39-29(24(32)27(26)42-30)40-25-15-9-19(35-4)18(34-3)8-14(15)22(23-16(25)11-36-28(23)33)13-5-6-17-20(7-13)38-12-37-17/h5-9,21,24,26-27,29,31-32H,10-12H2,1-4H3/t21-,24?,26?,27?,29?/m1/s1. The van der Waals surface area contributed by atoms with Crippen LogP contribution in [0, 0.1) is 0 Å². The van der Waals surface area contributed by atoms with E-state index in [9.17, 15) is 15.0 Å². The molecule has 5 atom stereocenters. The Hall–Kier alpha value is -3.81. The lowest BCUT2D eigenvalue weighted by Crippen LogP contribution is -2.58. The van der Waals surface area contributed by atoms with Gasteiger partial charge in [0.15, 0.2) is 28.8 Å². The molecule has 12 nitrogen and oxygen atoms in total. The number of aliphatic hydroxyl groups is 2. The van der Waals surface area contributed by atoms with Gasteiger partial charge in [-0.3, -0.25) is 0 Å². The first-order valence-corrected chi connectivity index (χ1v) is 13.5. The zero-order valence-electron chi connectivity index (χ0n) is 23.4. The minimum atomic E-state index is -1.28. The molecule has 2 N–H and O–H groups in total. The second kappa shape index (κ2) is 9.89. The van der Waals surface area contributed by atoms with Gasteiger partial charge in [0.2, 0.25) is 13.1 Å². The smallest absolute Gasteiger partial charge is 0.339 e. The number of carbonyl (C=O) groups is 1. The van der Waals surface area contributed by atoms with Crippen LogP contribution in [-0.4, -0.2) is 80.3 Å². The summed E-state index contributed by atoms with van der Waals surface area (Å²) in [6.45, 7) is 3.09. The lowest BCUT2D eigenvalue weighted by molar-refractivity contribution is -0.254. The fourth-order valence-electron chi connectivity index (χ4n) is 6.11. The molecule has 4 aliphatic rings. The molecule has 222 valence electrons. The highest BCUT2D eigenvalue weighted by Gasteiger charge is 2.55. The van der Waals surface area contributed by atoms with Crippen LogP contribution in [0.1, 0.15) is 29.8 Å². The van der Waals surface area contributed by atoms with E-state index in [1.54, 1.807) is 38.1 Å². The second-order valence-electron chi connectivity index (χ2n) is 10.9. The van der Waals surface area contributed by atoms with E-state index in [0.29, 0.717) is 56.0 Å². The normalized spacial score (nSPS) is 27.0. The summed E-state index contributed by atoms with van der Waals surface area (Å²) in [5, 5.41) is 22.6. The van der Waals surface area contributed by atoms with Gasteiger partial charge in [0.05, 0.1) is 26.4 Å². The van der Waals surface area contributed by atoms with E-state index in [4.69, 9.17) is 42.6 Å². The van der Waals surface area contributed by atoms with Gasteiger partial charge < -0.3 is 52.8 Å². The number of hydrogen-bond acceptors (Lipinski definition) is 12. The Morgan fingerprint density at radius 1 is 0.929 bits per heavy atom. The topological polar surface area (TPSA) is 141 Å². The molecule has 0 bridgehead atoms. The molecule has 2 fully saturated rings. The number of ether oxygens (including phenoxy) is 9. The van der Waals surface area contributed by atoms with Crippen LogP contribution >= 0.6 is 0 Å². The lowest BCUT2D eigenvalue weighted by Gasteiger charge is -2.39. The van der Waals surface area contributed by atoms with Crippen molar-refractivity contribution in [1.29, 1.82) is 0 Å². The van der Waals surface area contributed by atoms with Crippen LogP contribution in [0.2, 0.25) is 0 Å². The van der Waals surface area contributed by atoms with Crippen LogP contribution in [0.5, 0.6) is 28.7 Å². The van der Waals surface area contributed by atoms with Crippen LogP contribution in [0.4, 0.5) is 0 Å². The minimum absolute atomic E-state index is 0.0731. The predicted octanol–water partition coefficient (Wildman–Crippen LogP) is 2.90. The van der Waals surface area contributed by atoms with Crippen molar-refractivity contribution >= 4 is 16.7 Å². The molecule has 4 aliphatic heterocycles. The maximum Gasteiger partial charge on any atom is 0.339 e. The summed E-state index contributed by atoms with van der Waals surface area (Å²) in [6.07, 6.45) is -4.91. The Kier molecular flexibility index (Phi) is 6.37. The Morgan fingerprint density at radius 3 is 2.38 bits per heavy atom. The molecule has 0 spiro atoms. The molecule has 4 unspecified atom stereocenters. The number of aliphatic hydroxyl groups excluding tert-OH is 2. The van der Waals surface area contributed by atoms with E-state index in [-0.39, 0.29) is 25.8 Å². The van der Waals surface area contributed by atoms with Crippen molar-refractivity contribution in [3.63, 3.8) is 0 Å². The van der Waals surface area contributed by atoms with Gasteiger partial charge in [0, 0.05) is 16.5 Å². The van der Waals surface area contributed by atoms with Crippen molar-refractivity contribution in [2.45, 2.75) is 56.9 Å². The van der Waals surface area contributed by atoms with Gasteiger partial charge in [0.1, 0.15) is 36.8 Å². The first-order valence-electron chi connectivity index (χ1n) is 13.5. The van der Waals surface area contributed by atoms with Crippen molar-refractivity contribution in [3.05, 3.63) is 41.5 Å². The zero-order chi connectivity index (χ0) is 29.3. The van der Waals surface area contributed by atoms with Gasteiger partial charge in [-0.2, -0.15) is 0 Å². The maximum atomic E-state index is 13.3. The third-order valence-electron chi connectivity index (χ3n) is 7.94. The molecule has 3 aromatic rings. The monoisotopic (exact) mass is 582 g/mol. The van der Waals surface area contributed by atoms with Gasteiger partial charge in [0.25, 0.3) is 0 Å². The fraction of sp³-hybridized carbons (Fsp3) is 0.433. The SMILES string of the molecule is COc1cc2c(OC3O[C@H](CO)C4OC(C)(C)OC4C3O)c3c(c(-c4ccc5c(c4)OCO5)c2cc1OC)C(=O)OC3. The van der Waals surface area contributed by atoms with Gasteiger partial charge in [-0.15, -0.1) is 0 Å². The Bertz CT molecular complexity index is 1580. The Morgan fingerprint density at radius 2 is 1.64 bits per heavy atom. The summed E-state index contributed by atoms with van der Waals surface area (Å²) in [5.41, 5.74) is 2.04. The van der Waals surface area contributed by atoms with Crippen molar-refractivity contribution < 1.29 is 57.6 Å². The first kappa shape index (κ1) is 27.0. The number of methoxy groups -OCH3 is 2. The van der Waals surface area contributed by atoms with Crippen molar-refractivity contribution in [3.8, 4) is 39.9 Å². The molecule has 3 aromatic carbocycles. The van der Waals surface area contributed by atoms with Crippen molar-refractivity contribution in [2.75, 3.05) is 27.6 Å². The molecule has 7 rings (SSSR count). The molecule has 0 radical (unpaired) electrons. The second-order valence-corrected chi connectivity index (χ2v) is 10.9. The molecule has 42 heavy (non-hydrogen) atoms. The van der Waals surface area contributed by atoms with Gasteiger partial charge in [-0.05, 0) is 49.1 Å². The molecule has 0 aliphatic carbocycles. The summed E-state index contributed by atoms with van der Waals surface area (Å²) in [4.78, 5) is 13.3. The van der Waals surface area contributed by atoms with Crippen molar-refractivity contribution in [1.82, 2.24) is 0 Å². The molecule has 0 aromatic heterocycles. The molecular weight excluding hydrogens is 552 g/mol. The molecule has 0 amide bonds. The number of rotatable bonds is 6. The van der Waals surface area contributed by atoms with Crippen LogP contribution in [0.15, 0.2) is 30.3 Å². The first-order chi connectivity index (χ1) is 20.2. The quantitative estimate of drug-likeness (QED) is 0.413. The maximum absolute atomic E-state index is 13.3. The number of carbonyl (C=O) groups excluding carboxylic acids is 1. The van der Waals surface area contributed by atoms with Gasteiger partial charge in [-0.25, -0.2) is 4.79 Å². The van der Waals surface area contributed by atoms with E-state index < -0.39 is 42.5 Å². The van der Waals surface area contributed by atoms with Crippen LogP contribution < -0.4 is 23.7 Å². The third kappa shape index (κ3) is 4.13. The Balaban J connectivity index is 1.42. The predicted molar refractivity (Wildman–Crippen MR) is 144 cm³/mol. The van der Waals surface area contributed by atoms with Gasteiger partial charge in [-0.1, -0.05) is 6.07 Å². The van der Waals surface area contributed by atoms with E-state index in [2.05, 4.69) is 0 Å². The largest absolute Gasteiger partial charge is 0.493 e. The van der Waals surface area contributed by atoms with Crippen molar-refractivity contribution in [2.24, 2.45) is 0 Å². The molecule has 4 heterocycles. The zero-order valence-corrected chi connectivity index (χ0v) is 23.4. The van der Waals surface area contributed by atoms with Crippen LogP contribution in [0.3, 0.4) is 0 Å². The average molecular weight is 583 g/mol. The summed E-state index contributed by atoms with van der Waals surface area (Å²) < 4.78 is 52.2. The fourth-order valence-corrected chi connectivity index (χ4v) is 6.11. The number of hydrogen-bond donors (Lipinski definition) is 2. The highest BCUT2D eigenvalue weighted by molar-refractivity contribution is 6.14. The Labute approximate surface area is 240 Å². The summed E-state index contributed by atoms with van der Waals surface area (Å²) in [7, 11) is 3.04. The van der Waals surface area contributed by atoms with Gasteiger partial charge >= 0.3 is 5.97 Å². The minimum Gasteiger partial charge on any atom is -0.493 e. The molecule has 2 saturated heterocycles. The van der Waals surface area contributed by atoms with E-state index >= 15 is 0 Å². The summed E-state index contributed by atoms with van der Waals surface area (Å²) >= 11 is 0. The highest BCUT2D eigenvalue weighted by atomic mass is 16.8. The molecule has 12 heteroatoms. The third-order valence-corrected chi connectivity index (χ3v) is 7.94. The van der Waals surface area contributed by atoms with E-state index in [0.717, 1.165) is 0 Å². The van der Waals surface area contributed by atoms with Crippen LogP contribution in [0.25, 0.3) is 21.9 Å². The number of esters is 1. The number of fused-ring (bicyclic) bond motifs is 4. The molecule has 0 saturated carbocycles. The summed E-state index contributed by atoms with van der Waals surface area (Å²) in [5.74, 6) is 0.728. The number of benzene rings is 3. The highest BCUT2D eigenvalue weighted by Crippen LogP contribution is 2.50. The van der Waals surface area contributed by atoms with E-state index in [1.807, 2.05) is 6.07 Å².